The molecule has 1 heterocycles. The van der Waals surface area contributed by atoms with Crippen LogP contribution < -0.4 is 5.32 Å². The molecular formula is C9H16NO2S. The molecule has 1 radical (unpaired) electrons. The summed E-state index contributed by atoms with van der Waals surface area (Å²) < 4.78 is 23.7. The lowest BCUT2D eigenvalue weighted by atomic mass is 10.2. The lowest BCUT2D eigenvalue weighted by Crippen LogP contribution is -2.33. The molecule has 2 rings (SSSR count). The summed E-state index contributed by atoms with van der Waals surface area (Å²) in [5.74, 6) is 0. The van der Waals surface area contributed by atoms with Gasteiger partial charge in [0.15, 0.2) is 9.84 Å². The zero-order chi connectivity index (χ0) is 9.31. The lowest BCUT2D eigenvalue weighted by molar-refractivity contribution is 0.570. The summed E-state index contributed by atoms with van der Waals surface area (Å²) in [5.41, 5.74) is 0. The van der Waals surface area contributed by atoms with E-state index in [1.807, 2.05) is 0 Å². The van der Waals surface area contributed by atoms with E-state index in [-0.39, 0.29) is 10.5 Å². The lowest BCUT2D eigenvalue weighted by Gasteiger charge is -2.14. The first-order chi connectivity index (χ1) is 6.21. The van der Waals surface area contributed by atoms with Crippen molar-refractivity contribution in [1.29, 1.82) is 0 Å². The molecule has 2 fully saturated rings. The van der Waals surface area contributed by atoms with Crippen LogP contribution in [0.2, 0.25) is 0 Å². The second-order valence-corrected chi connectivity index (χ2v) is 6.44. The van der Waals surface area contributed by atoms with Crippen LogP contribution in [0.5, 0.6) is 0 Å². The van der Waals surface area contributed by atoms with Crippen LogP contribution in [0.4, 0.5) is 0 Å². The molecule has 3 nitrogen and oxygen atoms in total. The zero-order valence-corrected chi connectivity index (χ0v) is 8.52. The second kappa shape index (κ2) is 3.58. The fourth-order valence-electron chi connectivity index (χ4n) is 1.77. The number of nitrogens with one attached hydrogen (secondary N) is 1. The first kappa shape index (κ1) is 9.46. The molecule has 1 unspecified atom stereocenters. The summed E-state index contributed by atoms with van der Waals surface area (Å²) in [4.78, 5) is 0. The molecular weight excluding hydrogens is 186 g/mol. The van der Waals surface area contributed by atoms with Crippen LogP contribution in [0.15, 0.2) is 0 Å². The van der Waals surface area contributed by atoms with Gasteiger partial charge in [0.1, 0.15) is 0 Å². The van der Waals surface area contributed by atoms with Gasteiger partial charge in [-0.1, -0.05) is 0 Å². The molecule has 0 bridgehead atoms. The maximum atomic E-state index is 11.8. The third-order valence-electron chi connectivity index (χ3n) is 2.78. The normalized spacial score (nSPS) is 31.2. The number of hydrogen-bond donors (Lipinski definition) is 1. The van der Waals surface area contributed by atoms with Crippen LogP contribution in [0.1, 0.15) is 25.7 Å². The standard InChI is InChI=1S/C9H16NO2S/c11-13(12,8-4-5-8)9-3-1-2-6-10-7-9/h1,8-10H,2-7H2. The highest BCUT2D eigenvalue weighted by molar-refractivity contribution is 7.92. The maximum Gasteiger partial charge on any atom is 0.157 e. The van der Waals surface area contributed by atoms with Crippen LogP contribution in [0.25, 0.3) is 0 Å². The minimum Gasteiger partial charge on any atom is -0.315 e. The van der Waals surface area contributed by atoms with Crippen LogP contribution >= 0.6 is 0 Å². The van der Waals surface area contributed by atoms with Crippen molar-refractivity contribution in [3.05, 3.63) is 6.42 Å². The fraction of sp³-hybridized carbons (Fsp3) is 0.889. The van der Waals surface area contributed by atoms with Gasteiger partial charge in [-0.3, -0.25) is 0 Å². The summed E-state index contributed by atoms with van der Waals surface area (Å²) >= 11 is 0. The van der Waals surface area contributed by atoms with Gasteiger partial charge >= 0.3 is 0 Å². The third kappa shape index (κ3) is 2.05. The Labute approximate surface area is 79.8 Å². The van der Waals surface area contributed by atoms with Gasteiger partial charge in [-0.2, -0.15) is 0 Å². The predicted octanol–water partition coefficient (Wildman–Crippen LogP) is 0.520. The Morgan fingerprint density at radius 3 is 2.69 bits per heavy atom. The summed E-state index contributed by atoms with van der Waals surface area (Å²) in [6.07, 6.45) is 5.62. The second-order valence-electron chi connectivity index (χ2n) is 3.93. The molecule has 1 atom stereocenters. The summed E-state index contributed by atoms with van der Waals surface area (Å²) in [6.45, 7) is 1.58. The van der Waals surface area contributed by atoms with Crippen molar-refractivity contribution in [2.75, 3.05) is 13.1 Å². The minimum absolute atomic E-state index is 0.00852. The largest absolute Gasteiger partial charge is 0.315 e. The Bertz CT molecular complexity index is 261. The molecule has 1 saturated carbocycles. The molecule has 4 heteroatoms. The van der Waals surface area contributed by atoms with E-state index < -0.39 is 9.84 Å². The van der Waals surface area contributed by atoms with Crippen molar-refractivity contribution in [3.63, 3.8) is 0 Å². The van der Waals surface area contributed by atoms with E-state index in [0.29, 0.717) is 6.54 Å². The Morgan fingerprint density at radius 1 is 1.23 bits per heavy atom. The van der Waals surface area contributed by atoms with Crippen LogP contribution in [-0.2, 0) is 9.84 Å². The van der Waals surface area contributed by atoms with E-state index >= 15 is 0 Å². The molecule has 75 valence electrons. The van der Waals surface area contributed by atoms with Crippen molar-refractivity contribution in [1.82, 2.24) is 5.32 Å². The maximum absolute atomic E-state index is 11.8. The number of sulfone groups is 1. The van der Waals surface area contributed by atoms with Crippen molar-refractivity contribution < 1.29 is 8.42 Å². The van der Waals surface area contributed by atoms with Crippen LogP contribution in [-0.4, -0.2) is 32.0 Å². The highest BCUT2D eigenvalue weighted by Crippen LogP contribution is 2.32. The molecule has 0 spiro atoms. The molecule has 2 aliphatic rings. The van der Waals surface area contributed by atoms with E-state index in [1.54, 1.807) is 0 Å². The van der Waals surface area contributed by atoms with Crippen LogP contribution in [0, 0.1) is 6.42 Å². The molecule has 1 saturated heterocycles. The van der Waals surface area contributed by atoms with Gasteiger partial charge in [0, 0.05) is 6.54 Å². The highest BCUT2D eigenvalue weighted by Gasteiger charge is 2.40. The highest BCUT2D eigenvalue weighted by atomic mass is 32.2. The van der Waals surface area contributed by atoms with Gasteiger partial charge in [0.25, 0.3) is 0 Å². The first-order valence-electron chi connectivity index (χ1n) is 4.96. The molecule has 1 aliphatic heterocycles. The van der Waals surface area contributed by atoms with E-state index in [9.17, 15) is 8.42 Å². The smallest absolute Gasteiger partial charge is 0.157 e. The number of hydrogen-bond acceptors (Lipinski definition) is 3. The van der Waals surface area contributed by atoms with Gasteiger partial charge in [0.05, 0.1) is 10.5 Å². The molecule has 13 heavy (non-hydrogen) atoms. The molecule has 0 aromatic carbocycles. The quantitative estimate of drug-likeness (QED) is 0.710. The summed E-state index contributed by atoms with van der Waals surface area (Å²) in [6, 6.07) is 0. The summed E-state index contributed by atoms with van der Waals surface area (Å²) in [5, 5.41) is 3.02. The average Bonchev–Trinajstić information content (AvgIpc) is 2.93. The van der Waals surface area contributed by atoms with Crippen molar-refractivity contribution in [2.24, 2.45) is 0 Å². The van der Waals surface area contributed by atoms with Gasteiger partial charge in [-0.05, 0) is 38.6 Å². The van der Waals surface area contributed by atoms with E-state index in [1.165, 1.54) is 0 Å². The first-order valence-corrected chi connectivity index (χ1v) is 6.57. The Kier molecular flexibility index (Phi) is 2.60. The zero-order valence-electron chi connectivity index (χ0n) is 7.70. The fourth-order valence-corrected chi connectivity index (χ4v) is 3.87. The molecule has 1 aliphatic carbocycles. The summed E-state index contributed by atoms with van der Waals surface area (Å²) in [7, 11) is -2.81. The van der Waals surface area contributed by atoms with E-state index in [4.69, 9.17) is 0 Å². The molecule has 0 aromatic rings. The number of rotatable bonds is 2. The monoisotopic (exact) mass is 202 g/mol. The Hall–Kier alpha value is -0.0900. The topological polar surface area (TPSA) is 46.2 Å². The molecule has 0 aromatic heterocycles. The Balaban J connectivity index is 2.04. The SMILES string of the molecule is O=S(=O)(C1CC1)C1C[CH]CCNC1. The molecule has 0 amide bonds. The van der Waals surface area contributed by atoms with Crippen molar-refractivity contribution in [3.8, 4) is 0 Å². The third-order valence-corrected chi connectivity index (χ3v) is 5.47. The predicted molar refractivity (Wildman–Crippen MR) is 52.1 cm³/mol. The average molecular weight is 202 g/mol. The van der Waals surface area contributed by atoms with Gasteiger partial charge in [-0.25, -0.2) is 8.42 Å². The minimum atomic E-state index is -2.81. The Morgan fingerprint density at radius 2 is 2.00 bits per heavy atom. The van der Waals surface area contributed by atoms with E-state index in [2.05, 4.69) is 11.7 Å². The van der Waals surface area contributed by atoms with Crippen molar-refractivity contribution in [2.45, 2.75) is 36.2 Å². The van der Waals surface area contributed by atoms with Gasteiger partial charge in [0.2, 0.25) is 0 Å². The van der Waals surface area contributed by atoms with E-state index in [0.717, 1.165) is 32.2 Å². The van der Waals surface area contributed by atoms with Crippen LogP contribution in [0.3, 0.4) is 0 Å². The van der Waals surface area contributed by atoms with Gasteiger partial charge in [-0.15, -0.1) is 0 Å². The molecule has 1 N–H and O–H groups in total. The van der Waals surface area contributed by atoms with Crippen molar-refractivity contribution >= 4 is 9.84 Å². The van der Waals surface area contributed by atoms with Gasteiger partial charge < -0.3 is 5.32 Å².